The molecule has 0 radical (unpaired) electrons. The van der Waals surface area contributed by atoms with Gasteiger partial charge >= 0.3 is 0 Å². The first-order valence-electron chi connectivity index (χ1n) is 7.18. The Labute approximate surface area is 121 Å². The van der Waals surface area contributed by atoms with Crippen LogP contribution in [0.15, 0.2) is 43.0 Å². The van der Waals surface area contributed by atoms with Crippen LogP contribution in [0.5, 0.6) is 0 Å². The maximum absolute atomic E-state index is 9.90. The van der Waals surface area contributed by atoms with Gasteiger partial charge < -0.3 is 14.7 Å². The Morgan fingerprint density at radius 3 is 2.55 bits per heavy atom. The van der Waals surface area contributed by atoms with E-state index in [4.69, 9.17) is 4.74 Å². The van der Waals surface area contributed by atoms with Crippen molar-refractivity contribution in [2.45, 2.75) is 6.10 Å². The first-order chi connectivity index (χ1) is 9.79. The lowest BCUT2D eigenvalue weighted by molar-refractivity contribution is 0.0252. The average Bonchev–Trinajstić information content (AvgIpc) is 2.49. The standard InChI is InChI=1S/C16H24N2O2/c1-2-12-20-14-16(19)13-17-8-10-18(11-9-17)15-6-4-3-5-7-15/h2-7,16,19H,1,8-14H2. The highest BCUT2D eigenvalue weighted by molar-refractivity contribution is 5.46. The average molecular weight is 276 g/mol. The van der Waals surface area contributed by atoms with E-state index in [-0.39, 0.29) is 0 Å². The van der Waals surface area contributed by atoms with Crippen LogP contribution in [0.3, 0.4) is 0 Å². The van der Waals surface area contributed by atoms with Crippen LogP contribution in [-0.4, -0.2) is 62.0 Å². The van der Waals surface area contributed by atoms with Crippen LogP contribution in [0.2, 0.25) is 0 Å². The third kappa shape index (κ3) is 4.63. The second-order valence-electron chi connectivity index (χ2n) is 5.10. The molecule has 4 nitrogen and oxygen atoms in total. The minimum Gasteiger partial charge on any atom is -0.389 e. The summed E-state index contributed by atoms with van der Waals surface area (Å²) in [4.78, 5) is 4.68. The van der Waals surface area contributed by atoms with E-state index in [1.54, 1.807) is 6.08 Å². The molecule has 0 aliphatic carbocycles. The van der Waals surface area contributed by atoms with Gasteiger partial charge in [-0.3, -0.25) is 4.90 Å². The summed E-state index contributed by atoms with van der Waals surface area (Å²) in [6, 6.07) is 10.5. The molecule has 0 bridgehead atoms. The minimum atomic E-state index is -0.418. The van der Waals surface area contributed by atoms with E-state index < -0.39 is 6.10 Å². The summed E-state index contributed by atoms with van der Waals surface area (Å²) in [6.45, 7) is 9.11. The number of ether oxygens (including phenoxy) is 1. The van der Waals surface area contributed by atoms with Crippen LogP contribution < -0.4 is 4.90 Å². The molecule has 4 heteroatoms. The van der Waals surface area contributed by atoms with Crippen LogP contribution in [0.4, 0.5) is 5.69 Å². The summed E-state index contributed by atoms with van der Waals surface area (Å²) in [5.41, 5.74) is 1.28. The zero-order valence-electron chi connectivity index (χ0n) is 11.9. The second-order valence-corrected chi connectivity index (χ2v) is 5.10. The van der Waals surface area contributed by atoms with Gasteiger partial charge in [-0.2, -0.15) is 0 Å². The second kappa shape index (κ2) is 8.04. The van der Waals surface area contributed by atoms with E-state index in [1.165, 1.54) is 5.69 Å². The number of anilines is 1. The third-order valence-corrected chi connectivity index (χ3v) is 3.51. The molecule has 0 amide bonds. The molecular formula is C16H24N2O2. The van der Waals surface area contributed by atoms with Crippen molar-refractivity contribution in [2.24, 2.45) is 0 Å². The Balaban J connectivity index is 1.70. The molecule has 0 saturated carbocycles. The maximum Gasteiger partial charge on any atom is 0.0900 e. The van der Waals surface area contributed by atoms with Gasteiger partial charge in [0.25, 0.3) is 0 Å². The first kappa shape index (κ1) is 15.0. The van der Waals surface area contributed by atoms with Gasteiger partial charge in [0.1, 0.15) is 0 Å². The van der Waals surface area contributed by atoms with Gasteiger partial charge in [0.15, 0.2) is 0 Å². The first-order valence-corrected chi connectivity index (χ1v) is 7.18. The van der Waals surface area contributed by atoms with Gasteiger partial charge in [-0.15, -0.1) is 6.58 Å². The van der Waals surface area contributed by atoms with Gasteiger partial charge in [-0.05, 0) is 12.1 Å². The van der Waals surface area contributed by atoms with Crippen LogP contribution in [-0.2, 0) is 4.74 Å². The fourth-order valence-electron chi connectivity index (χ4n) is 2.47. The molecule has 1 aliphatic heterocycles. The monoisotopic (exact) mass is 276 g/mol. The summed E-state index contributed by atoms with van der Waals surface area (Å²) in [6.07, 6.45) is 1.28. The number of β-amino-alcohol motifs (C(OH)–C–C–N with tert-alkyl or cyclic N) is 1. The van der Waals surface area contributed by atoms with Crippen LogP contribution in [0, 0.1) is 0 Å². The number of piperazine rings is 1. The van der Waals surface area contributed by atoms with E-state index in [1.807, 2.05) is 6.07 Å². The Hall–Kier alpha value is -1.36. The van der Waals surface area contributed by atoms with E-state index in [0.717, 1.165) is 26.2 Å². The number of benzene rings is 1. The molecule has 0 spiro atoms. The molecule has 20 heavy (non-hydrogen) atoms. The van der Waals surface area contributed by atoms with Crippen molar-refractivity contribution in [3.63, 3.8) is 0 Å². The predicted octanol–water partition coefficient (Wildman–Crippen LogP) is 1.37. The maximum atomic E-state index is 9.90. The quantitative estimate of drug-likeness (QED) is 0.603. The number of hydrogen-bond donors (Lipinski definition) is 1. The van der Waals surface area contributed by atoms with Crippen molar-refractivity contribution in [1.29, 1.82) is 0 Å². The molecule has 1 N–H and O–H groups in total. The molecule has 1 heterocycles. The van der Waals surface area contributed by atoms with Crippen LogP contribution in [0.1, 0.15) is 0 Å². The highest BCUT2D eigenvalue weighted by Gasteiger charge is 2.19. The summed E-state index contributed by atoms with van der Waals surface area (Å²) in [7, 11) is 0. The third-order valence-electron chi connectivity index (χ3n) is 3.51. The molecule has 1 saturated heterocycles. The molecule has 0 aromatic heterocycles. The summed E-state index contributed by atoms with van der Waals surface area (Å²) in [5, 5.41) is 9.90. The largest absolute Gasteiger partial charge is 0.389 e. The number of rotatable bonds is 7. The highest BCUT2D eigenvalue weighted by Crippen LogP contribution is 2.15. The predicted molar refractivity (Wildman–Crippen MR) is 82.1 cm³/mol. The van der Waals surface area contributed by atoms with E-state index >= 15 is 0 Å². The van der Waals surface area contributed by atoms with Crippen molar-refractivity contribution in [2.75, 3.05) is 50.8 Å². The Kier molecular flexibility index (Phi) is 6.05. The van der Waals surface area contributed by atoms with Gasteiger partial charge in [-0.25, -0.2) is 0 Å². The number of para-hydroxylation sites is 1. The lowest BCUT2D eigenvalue weighted by atomic mass is 10.2. The Bertz CT molecular complexity index is 389. The molecule has 1 aromatic carbocycles. The van der Waals surface area contributed by atoms with Gasteiger partial charge in [-0.1, -0.05) is 24.3 Å². The molecule has 2 rings (SSSR count). The SMILES string of the molecule is C=CCOCC(O)CN1CCN(c2ccccc2)CC1. The summed E-state index contributed by atoms with van der Waals surface area (Å²) < 4.78 is 5.27. The molecule has 110 valence electrons. The molecule has 1 aliphatic rings. The molecule has 1 fully saturated rings. The van der Waals surface area contributed by atoms with Crippen molar-refractivity contribution < 1.29 is 9.84 Å². The van der Waals surface area contributed by atoms with E-state index in [0.29, 0.717) is 19.8 Å². The molecule has 1 unspecified atom stereocenters. The van der Waals surface area contributed by atoms with Gasteiger partial charge in [0.05, 0.1) is 19.3 Å². The minimum absolute atomic E-state index is 0.380. The number of aliphatic hydroxyl groups excluding tert-OH is 1. The summed E-state index contributed by atoms with van der Waals surface area (Å²) in [5.74, 6) is 0. The summed E-state index contributed by atoms with van der Waals surface area (Å²) >= 11 is 0. The number of hydrogen-bond acceptors (Lipinski definition) is 4. The Morgan fingerprint density at radius 2 is 1.90 bits per heavy atom. The zero-order valence-corrected chi connectivity index (χ0v) is 11.9. The lowest BCUT2D eigenvalue weighted by Crippen LogP contribution is -2.49. The van der Waals surface area contributed by atoms with Crippen molar-refractivity contribution in [1.82, 2.24) is 4.90 Å². The molecule has 1 atom stereocenters. The Morgan fingerprint density at radius 1 is 1.20 bits per heavy atom. The van der Waals surface area contributed by atoms with Gasteiger partial charge in [0.2, 0.25) is 0 Å². The van der Waals surface area contributed by atoms with E-state index in [9.17, 15) is 5.11 Å². The normalized spacial score (nSPS) is 17.9. The van der Waals surface area contributed by atoms with Crippen molar-refractivity contribution in [3.8, 4) is 0 Å². The molecular weight excluding hydrogens is 252 g/mol. The fourth-order valence-corrected chi connectivity index (χ4v) is 2.47. The number of nitrogens with zero attached hydrogens (tertiary/aromatic N) is 2. The van der Waals surface area contributed by atoms with Crippen LogP contribution in [0.25, 0.3) is 0 Å². The molecule has 1 aromatic rings. The zero-order chi connectivity index (χ0) is 14.2. The smallest absolute Gasteiger partial charge is 0.0900 e. The topological polar surface area (TPSA) is 35.9 Å². The lowest BCUT2D eigenvalue weighted by Gasteiger charge is -2.36. The van der Waals surface area contributed by atoms with Crippen molar-refractivity contribution >= 4 is 5.69 Å². The van der Waals surface area contributed by atoms with Crippen molar-refractivity contribution in [3.05, 3.63) is 43.0 Å². The fraction of sp³-hybridized carbons (Fsp3) is 0.500. The van der Waals surface area contributed by atoms with Gasteiger partial charge in [0, 0.05) is 38.4 Å². The van der Waals surface area contributed by atoms with E-state index in [2.05, 4.69) is 40.6 Å². The highest BCUT2D eigenvalue weighted by atomic mass is 16.5. The number of aliphatic hydroxyl groups is 1. The van der Waals surface area contributed by atoms with Crippen LogP contribution >= 0.6 is 0 Å².